The predicted octanol–water partition coefficient (Wildman–Crippen LogP) is 4.48. The van der Waals surface area contributed by atoms with Gasteiger partial charge in [0.25, 0.3) is 5.91 Å². The molecule has 8 heteroatoms. The Labute approximate surface area is 180 Å². The van der Waals surface area contributed by atoms with Gasteiger partial charge in [0.05, 0.1) is 32.3 Å². The van der Waals surface area contributed by atoms with E-state index in [2.05, 4.69) is 5.32 Å². The van der Waals surface area contributed by atoms with Crippen molar-refractivity contribution in [2.75, 3.05) is 19.8 Å². The summed E-state index contributed by atoms with van der Waals surface area (Å²) in [6, 6.07) is 9.09. The number of hydrogen-bond acceptors (Lipinski definition) is 5. The second-order valence-electron chi connectivity index (χ2n) is 6.28. The fourth-order valence-electron chi connectivity index (χ4n) is 2.91. The van der Waals surface area contributed by atoms with Crippen molar-refractivity contribution in [2.45, 2.75) is 33.2 Å². The number of carboxylic acid groups (broad SMARTS) is 1. The lowest BCUT2D eigenvalue weighted by atomic mass is 10.0. The molecule has 0 aromatic heterocycles. The Morgan fingerprint density at radius 2 is 1.60 bits per heavy atom. The highest BCUT2D eigenvalue weighted by Gasteiger charge is 2.22. The smallest absolute Gasteiger partial charge is 0.305 e. The molecule has 30 heavy (non-hydrogen) atoms. The third-order valence-corrected chi connectivity index (χ3v) is 4.34. The molecule has 0 bridgehead atoms. The molecule has 0 aliphatic heterocycles. The number of carboxylic acids is 1. The summed E-state index contributed by atoms with van der Waals surface area (Å²) in [5.74, 6) is -0.321. The standard InChI is InChI=1S/C22H26ClNO6/c1-4-28-18-11-15(12-19(29-5-2)21(18)30-6-3)22(27)24-17(13-20(25)26)14-8-7-9-16(23)10-14/h7-12,17H,4-6,13H2,1-3H3,(H,24,27)(H,25,26)/t17-/m1/s1. The lowest BCUT2D eigenvalue weighted by molar-refractivity contribution is -0.137. The van der Waals surface area contributed by atoms with E-state index in [-0.39, 0.29) is 12.0 Å². The molecule has 1 amide bonds. The molecule has 2 aromatic rings. The van der Waals surface area contributed by atoms with E-state index in [0.29, 0.717) is 47.7 Å². The molecule has 0 spiro atoms. The van der Waals surface area contributed by atoms with E-state index >= 15 is 0 Å². The quantitative estimate of drug-likeness (QED) is 0.540. The largest absolute Gasteiger partial charge is 0.490 e. The van der Waals surface area contributed by atoms with Crippen LogP contribution in [0.3, 0.4) is 0 Å². The van der Waals surface area contributed by atoms with Crippen LogP contribution in [-0.2, 0) is 4.79 Å². The van der Waals surface area contributed by atoms with Crippen LogP contribution in [0.2, 0.25) is 5.02 Å². The zero-order chi connectivity index (χ0) is 22.1. The lowest BCUT2D eigenvalue weighted by Crippen LogP contribution is -2.30. The minimum absolute atomic E-state index is 0.266. The van der Waals surface area contributed by atoms with Crippen molar-refractivity contribution < 1.29 is 28.9 Å². The highest BCUT2D eigenvalue weighted by molar-refractivity contribution is 6.30. The number of ether oxygens (including phenoxy) is 3. The van der Waals surface area contributed by atoms with Crippen LogP contribution < -0.4 is 19.5 Å². The summed E-state index contributed by atoms with van der Waals surface area (Å²) in [5.41, 5.74) is 0.863. The summed E-state index contributed by atoms with van der Waals surface area (Å²) in [4.78, 5) is 24.3. The van der Waals surface area contributed by atoms with Crippen LogP contribution in [0, 0.1) is 0 Å². The number of halogens is 1. The molecule has 0 fully saturated rings. The van der Waals surface area contributed by atoms with Gasteiger partial charge in [-0.1, -0.05) is 23.7 Å². The number of rotatable bonds is 11. The van der Waals surface area contributed by atoms with Crippen molar-refractivity contribution >= 4 is 23.5 Å². The molecule has 0 saturated heterocycles. The van der Waals surface area contributed by atoms with Crippen LogP contribution >= 0.6 is 11.6 Å². The molecular formula is C22H26ClNO6. The van der Waals surface area contributed by atoms with Gasteiger partial charge in [0.2, 0.25) is 5.75 Å². The molecule has 0 unspecified atom stereocenters. The highest BCUT2D eigenvalue weighted by atomic mass is 35.5. The molecule has 2 N–H and O–H groups in total. The van der Waals surface area contributed by atoms with E-state index < -0.39 is 17.9 Å². The first kappa shape index (κ1) is 23.3. The number of aliphatic carboxylic acids is 1. The predicted molar refractivity (Wildman–Crippen MR) is 114 cm³/mol. The van der Waals surface area contributed by atoms with Crippen molar-refractivity contribution in [2.24, 2.45) is 0 Å². The Kier molecular flexibility index (Phi) is 8.80. The molecule has 0 heterocycles. The summed E-state index contributed by atoms with van der Waals surface area (Å²) in [5, 5.41) is 12.5. The molecule has 162 valence electrons. The van der Waals surface area contributed by atoms with Gasteiger partial charge in [-0.3, -0.25) is 9.59 Å². The molecular weight excluding hydrogens is 410 g/mol. The van der Waals surface area contributed by atoms with Gasteiger partial charge in [-0.25, -0.2) is 0 Å². The maximum absolute atomic E-state index is 13.0. The van der Waals surface area contributed by atoms with Crippen molar-refractivity contribution in [3.05, 3.63) is 52.5 Å². The third-order valence-electron chi connectivity index (χ3n) is 4.11. The highest BCUT2D eigenvalue weighted by Crippen LogP contribution is 2.39. The Morgan fingerprint density at radius 1 is 1.00 bits per heavy atom. The Balaban J connectivity index is 2.40. The fraction of sp³-hybridized carbons (Fsp3) is 0.364. The summed E-state index contributed by atoms with van der Waals surface area (Å²) in [6.45, 7) is 6.64. The van der Waals surface area contributed by atoms with Crippen molar-refractivity contribution in [3.8, 4) is 17.2 Å². The first-order valence-corrected chi connectivity index (χ1v) is 10.1. The molecule has 0 aliphatic carbocycles. The van der Waals surface area contributed by atoms with Crippen LogP contribution in [-0.4, -0.2) is 36.8 Å². The average Bonchev–Trinajstić information content (AvgIpc) is 2.69. The van der Waals surface area contributed by atoms with Gasteiger partial charge >= 0.3 is 5.97 Å². The minimum atomic E-state index is -1.04. The zero-order valence-electron chi connectivity index (χ0n) is 17.2. The maximum Gasteiger partial charge on any atom is 0.305 e. The Hall–Kier alpha value is -2.93. The number of carbonyl (C=O) groups excluding carboxylic acids is 1. The second-order valence-corrected chi connectivity index (χ2v) is 6.72. The molecule has 2 aromatic carbocycles. The van der Waals surface area contributed by atoms with Gasteiger partial charge in [0.15, 0.2) is 11.5 Å². The van der Waals surface area contributed by atoms with Gasteiger partial charge in [0, 0.05) is 10.6 Å². The minimum Gasteiger partial charge on any atom is -0.490 e. The van der Waals surface area contributed by atoms with Crippen LogP contribution in [0.1, 0.15) is 49.2 Å². The summed E-state index contributed by atoms with van der Waals surface area (Å²) < 4.78 is 16.9. The average molecular weight is 436 g/mol. The molecule has 0 aliphatic rings. The first-order chi connectivity index (χ1) is 14.4. The topological polar surface area (TPSA) is 94.1 Å². The molecule has 0 radical (unpaired) electrons. The number of hydrogen-bond donors (Lipinski definition) is 2. The van der Waals surface area contributed by atoms with E-state index in [1.807, 2.05) is 20.8 Å². The first-order valence-electron chi connectivity index (χ1n) is 9.74. The monoisotopic (exact) mass is 435 g/mol. The van der Waals surface area contributed by atoms with Crippen molar-refractivity contribution in [3.63, 3.8) is 0 Å². The number of carbonyl (C=O) groups is 2. The number of benzene rings is 2. The zero-order valence-corrected chi connectivity index (χ0v) is 18.0. The normalized spacial score (nSPS) is 11.5. The molecule has 2 rings (SSSR count). The maximum atomic E-state index is 13.0. The number of amides is 1. The van der Waals surface area contributed by atoms with Gasteiger partial charge in [-0.05, 0) is 50.6 Å². The van der Waals surface area contributed by atoms with Gasteiger partial charge in [-0.2, -0.15) is 0 Å². The SMILES string of the molecule is CCOc1cc(C(=O)N[C@H](CC(=O)O)c2cccc(Cl)c2)cc(OCC)c1OCC. The van der Waals surface area contributed by atoms with Crippen LogP contribution in [0.5, 0.6) is 17.2 Å². The van der Waals surface area contributed by atoms with E-state index in [1.165, 1.54) is 0 Å². The van der Waals surface area contributed by atoms with Crippen LogP contribution in [0.25, 0.3) is 0 Å². The molecule has 1 atom stereocenters. The third kappa shape index (κ3) is 6.29. The van der Waals surface area contributed by atoms with Crippen LogP contribution in [0.15, 0.2) is 36.4 Å². The number of nitrogens with one attached hydrogen (secondary N) is 1. The summed E-state index contributed by atoms with van der Waals surface area (Å²) in [7, 11) is 0. The van der Waals surface area contributed by atoms with E-state index in [9.17, 15) is 14.7 Å². The van der Waals surface area contributed by atoms with Gasteiger partial charge < -0.3 is 24.6 Å². The fourth-order valence-corrected chi connectivity index (χ4v) is 3.11. The summed E-state index contributed by atoms with van der Waals surface area (Å²) in [6.07, 6.45) is -0.292. The van der Waals surface area contributed by atoms with E-state index in [0.717, 1.165) is 0 Å². The molecule has 7 nitrogen and oxygen atoms in total. The lowest BCUT2D eigenvalue weighted by Gasteiger charge is -2.20. The van der Waals surface area contributed by atoms with Crippen LogP contribution in [0.4, 0.5) is 0 Å². The Bertz CT molecular complexity index is 859. The summed E-state index contributed by atoms with van der Waals surface area (Å²) >= 11 is 6.03. The Morgan fingerprint density at radius 3 is 2.10 bits per heavy atom. The molecule has 0 saturated carbocycles. The van der Waals surface area contributed by atoms with Gasteiger partial charge in [0.1, 0.15) is 0 Å². The van der Waals surface area contributed by atoms with Crippen molar-refractivity contribution in [1.82, 2.24) is 5.32 Å². The van der Waals surface area contributed by atoms with E-state index in [4.69, 9.17) is 25.8 Å². The van der Waals surface area contributed by atoms with E-state index in [1.54, 1.807) is 36.4 Å². The van der Waals surface area contributed by atoms with Gasteiger partial charge in [-0.15, -0.1) is 0 Å². The second kappa shape index (κ2) is 11.3. The van der Waals surface area contributed by atoms with Crippen molar-refractivity contribution in [1.29, 1.82) is 0 Å².